The Balaban J connectivity index is 1.96. The molecule has 0 atom stereocenters. The van der Waals surface area contributed by atoms with Gasteiger partial charge in [-0.15, -0.1) is 0 Å². The number of nitrogens with zero attached hydrogens (tertiary/aromatic N) is 1. The molecular formula is C21H17Cl6NO3. The van der Waals surface area contributed by atoms with Crippen molar-refractivity contribution in [1.29, 1.82) is 0 Å². The van der Waals surface area contributed by atoms with Crippen LogP contribution in [0.4, 0.5) is 0 Å². The van der Waals surface area contributed by atoms with Crippen LogP contribution < -0.4 is 9.47 Å². The molecule has 0 amide bonds. The molecule has 0 saturated carbocycles. The number of halogens is 6. The average Bonchev–Trinajstić information content (AvgIpc) is 2.70. The monoisotopic (exact) mass is 541 g/mol. The van der Waals surface area contributed by atoms with E-state index in [1.165, 1.54) is 12.2 Å². The molecule has 0 aliphatic rings. The molecule has 2 aromatic rings. The van der Waals surface area contributed by atoms with Gasteiger partial charge in [0.1, 0.15) is 34.6 Å². The third-order valence-electron chi connectivity index (χ3n) is 3.73. The van der Waals surface area contributed by atoms with Crippen LogP contribution >= 0.6 is 69.6 Å². The van der Waals surface area contributed by atoms with E-state index in [1.54, 1.807) is 12.1 Å². The third kappa shape index (κ3) is 9.40. The number of hydrogen-bond acceptors (Lipinski definition) is 4. The topological polar surface area (TPSA) is 40.0 Å². The van der Waals surface area contributed by atoms with Gasteiger partial charge in [0.2, 0.25) is 0 Å². The molecule has 0 radical (unpaired) electrons. The summed E-state index contributed by atoms with van der Waals surface area (Å²) in [5, 5.41) is 4.66. The number of hydrogen-bond donors (Lipinski definition) is 0. The van der Waals surface area contributed by atoms with E-state index in [9.17, 15) is 0 Å². The van der Waals surface area contributed by atoms with E-state index in [-0.39, 0.29) is 28.8 Å². The van der Waals surface area contributed by atoms with Gasteiger partial charge in [-0.2, -0.15) is 0 Å². The van der Waals surface area contributed by atoms with Gasteiger partial charge in [-0.1, -0.05) is 99.0 Å². The molecule has 0 spiro atoms. The highest BCUT2D eigenvalue weighted by atomic mass is 35.5. The van der Waals surface area contributed by atoms with Crippen LogP contribution in [0.2, 0.25) is 10.0 Å². The van der Waals surface area contributed by atoms with Crippen molar-refractivity contribution in [3.63, 3.8) is 0 Å². The van der Waals surface area contributed by atoms with Crippen molar-refractivity contribution in [2.75, 3.05) is 13.2 Å². The minimum atomic E-state index is 0.116. The van der Waals surface area contributed by atoms with E-state index in [1.807, 2.05) is 31.2 Å². The number of benzene rings is 2. The number of oxime groups is 1. The first kappa shape index (κ1) is 26.0. The summed E-state index contributed by atoms with van der Waals surface area (Å²) in [6.07, 6.45) is 3.01. The van der Waals surface area contributed by atoms with Crippen LogP contribution in [0.25, 0.3) is 0 Å². The number of ether oxygens (including phenoxy) is 2. The molecular weight excluding hydrogens is 527 g/mol. The van der Waals surface area contributed by atoms with E-state index in [4.69, 9.17) is 83.9 Å². The summed E-state index contributed by atoms with van der Waals surface area (Å²) in [4.78, 5) is 5.13. The van der Waals surface area contributed by atoms with Gasteiger partial charge in [0, 0.05) is 12.1 Å². The van der Waals surface area contributed by atoms with Crippen LogP contribution in [0.3, 0.4) is 0 Å². The maximum Gasteiger partial charge on any atom is 0.157 e. The Labute approximate surface area is 210 Å². The molecule has 0 saturated heterocycles. The van der Waals surface area contributed by atoms with Crippen molar-refractivity contribution in [3.05, 3.63) is 78.7 Å². The predicted molar refractivity (Wildman–Crippen MR) is 130 cm³/mol. The van der Waals surface area contributed by atoms with Gasteiger partial charge in [-0.3, -0.25) is 0 Å². The molecule has 10 heteroatoms. The van der Waals surface area contributed by atoms with Gasteiger partial charge < -0.3 is 14.3 Å². The summed E-state index contributed by atoms with van der Waals surface area (Å²) in [7, 11) is 0. The van der Waals surface area contributed by atoms with Crippen LogP contribution in [-0.4, -0.2) is 18.9 Å². The fourth-order valence-electron chi connectivity index (χ4n) is 2.24. The second kappa shape index (κ2) is 13.3. The van der Waals surface area contributed by atoms with Gasteiger partial charge in [0.15, 0.2) is 5.75 Å². The lowest BCUT2D eigenvalue weighted by Gasteiger charge is -2.12. The molecule has 4 nitrogen and oxygen atoms in total. The fourth-order valence-corrected chi connectivity index (χ4v) is 3.07. The van der Waals surface area contributed by atoms with Crippen molar-refractivity contribution in [3.8, 4) is 11.5 Å². The smallest absolute Gasteiger partial charge is 0.157 e. The second-order valence-electron chi connectivity index (χ2n) is 5.97. The Morgan fingerprint density at radius 2 is 1.45 bits per heavy atom. The summed E-state index contributed by atoms with van der Waals surface area (Å²) in [6.45, 7) is 2.48. The Morgan fingerprint density at radius 3 is 2.03 bits per heavy atom. The van der Waals surface area contributed by atoms with E-state index < -0.39 is 0 Å². The van der Waals surface area contributed by atoms with Gasteiger partial charge >= 0.3 is 0 Å². The highest BCUT2D eigenvalue weighted by Crippen LogP contribution is 2.37. The Hall–Kier alpha value is -1.27. The Morgan fingerprint density at radius 1 is 0.871 bits per heavy atom. The highest BCUT2D eigenvalue weighted by molar-refractivity contribution is 6.56. The van der Waals surface area contributed by atoms with Crippen molar-refractivity contribution in [2.45, 2.75) is 13.5 Å². The molecule has 166 valence electrons. The first-order valence-corrected chi connectivity index (χ1v) is 11.1. The minimum absolute atomic E-state index is 0.116. The third-order valence-corrected chi connectivity index (χ3v) is 4.91. The standard InChI is InChI=1S/C21H17Cl6NO3/c1-13(28-31-9-7-20(26)27)15-4-2-14(3-5-15)12-30-21-17(22)10-16(11-18(21)23)29-8-6-19(24)25/h2-7,10-11H,8-9,12H2,1H3. The summed E-state index contributed by atoms with van der Waals surface area (Å²) < 4.78 is 11.5. The molecule has 0 heterocycles. The summed E-state index contributed by atoms with van der Waals surface area (Å²) >= 11 is 34.7. The van der Waals surface area contributed by atoms with Crippen LogP contribution in [0.15, 0.2) is 62.7 Å². The summed E-state index contributed by atoms with van der Waals surface area (Å²) in [5.74, 6) is 0.834. The SMILES string of the molecule is CC(=NOCC=C(Cl)Cl)c1ccc(COc2c(Cl)cc(OCC=C(Cl)Cl)cc2Cl)cc1. The summed E-state index contributed by atoms with van der Waals surface area (Å²) in [6, 6.07) is 10.8. The minimum Gasteiger partial charge on any atom is -0.489 e. The molecule has 0 N–H and O–H groups in total. The molecule has 0 unspecified atom stereocenters. The quantitative estimate of drug-likeness (QED) is 0.172. The van der Waals surface area contributed by atoms with Gasteiger partial charge in [-0.25, -0.2) is 0 Å². The van der Waals surface area contributed by atoms with Gasteiger partial charge in [0.05, 0.1) is 15.8 Å². The molecule has 2 aromatic carbocycles. The molecule has 0 aliphatic heterocycles. The van der Waals surface area contributed by atoms with Crippen LogP contribution in [0, 0.1) is 0 Å². The molecule has 0 aromatic heterocycles. The molecule has 2 rings (SSSR count). The Kier molecular flexibility index (Phi) is 11.2. The molecule has 31 heavy (non-hydrogen) atoms. The maximum atomic E-state index is 6.28. The average molecular weight is 544 g/mol. The fraction of sp³-hybridized carbons (Fsp3) is 0.190. The van der Waals surface area contributed by atoms with E-state index in [0.29, 0.717) is 27.3 Å². The Bertz CT molecular complexity index is 943. The van der Waals surface area contributed by atoms with Gasteiger partial charge in [0.25, 0.3) is 0 Å². The largest absolute Gasteiger partial charge is 0.489 e. The normalized spacial score (nSPS) is 11.0. The number of rotatable bonds is 10. The zero-order chi connectivity index (χ0) is 22.8. The zero-order valence-corrected chi connectivity index (χ0v) is 20.7. The second-order valence-corrected chi connectivity index (χ2v) is 8.80. The van der Waals surface area contributed by atoms with E-state index in [0.717, 1.165) is 11.1 Å². The molecule has 0 aliphatic carbocycles. The van der Waals surface area contributed by atoms with Crippen molar-refractivity contribution in [2.24, 2.45) is 5.16 Å². The van der Waals surface area contributed by atoms with Crippen LogP contribution in [-0.2, 0) is 11.4 Å². The summed E-state index contributed by atoms with van der Waals surface area (Å²) in [5.41, 5.74) is 2.52. The van der Waals surface area contributed by atoms with Crippen LogP contribution in [0.1, 0.15) is 18.1 Å². The molecule has 0 fully saturated rings. The molecule has 0 bridgehead atoms. The van der Waals surface area contributed by atoms with E-state index in [2.05, 4.69) is 5.16 Å². The predicted octanol–water partition coefficient (Wildman–Crippen LogP) is 8.33. The first-order chi connectivity index (χ1) is 14.8. The van der Waals surface area contributed by atoms with Crippen molar-refractivity contribution < 1.29 is 14.3 Å². The highest BCUT2D eigenvalue weighted by Gasteiger charge is 2.11. The van der Waals surface area contributed by atoms with Crippen molar-refractivity contribution in [1.82, 2.24) is 0 Å². The van der Waals surface area contributed by atoms with Gasteiger partial charge in [-0.05, 0) is 30.2 Å². The zero-order valence-electron chi connectivity index (χ0n) is 16.2. The van der Waals surface area contributed by atoms with Crippen molar-refractivity contribution >= 4 is 75.3 Å². The lowest BCUT2D eigenvalue weighted by atomic mass is 10.1. The van der Waals surface area contributed by atoms with E-state index >= 15 is 0 Å². The first-order valence-electron chi connectivity index (χ1n) is 8.79. The maximum absolute atomic E-state index is 6.28. The lowest BCUT2D eigenvalue weighted by molar-refractivity contribution is 0.174. The lowest BCUT2D eigenvalue weighted by Crippen LogP contribution is -2.00. The van der Waals surface area contributed by atoms with Crippen LogP contribution in [0.5, 0.6) is 11.5 Å².